The van der Waals surface area contributed by atoms with Crippen LogP contribution in [-0.4, -0.2) is 16.9 Å². The van der Waals surface area contributed by atoms with Crippen LogP contribution >= 0.6 is 0 Å². The monoisotopic (exact) mass is 314 g/mol. The van der Waals surface area contributed by atoms with Gasteiger partial charge in [0.15, 0.2) is 0 Å². The zero-order valence-electron chi connectivity index (χ0n) is 12.9. The zero-order chi connectivity index (χ0) is 16.4. The van der Waals surface area contributed by atoms with Gasteiger partial charge in [-0.25, -0.2) is 4.79 Å². The summed E-state index contributed by atoms with van der Waals surface area (Å²) in [6.07, 6.45) is 4.28. The van der Waals surface area contributed by atoms with Crippen molar-refractivity contribution in [1.82, 2.24) is 0 Å². The van der Waals surface area contributed by atoms with Crippen molar-refractivity contribution in [1.29, 1.82) is 0 Å². The Hall–Kier alpha value is -2.56. The standard InChI is InChI=1S/C18H18O5/c1-12-15(17(20)21)6-7-16(19)18(12,10-13-4-2-8-22-13)11-14-5-3-9-23-14/h2-5,8-9H,6-7,10-11H2,1H3,(H,20,21). The van der Waals surface area contributed by atoms with Gasteiger partial charge in [0.1, 0.15) is 17.3 Å². The predicted molar refractivity (Wildman–Crippen MR) is 81.8 cm³/mol. The molecule has 5 heteroatoms. The van der Waals surface area contributed by atoms with Crippen molar-refractivity contribution in [2.75, 3.05) is 0 Å². The molecule has 0 fully saturated rings. The Kier molecular flexibility index (Phi) is 3.94. The van der Waals surface area contributed by atoms with E-state index in [1.165, 1.54) is 0 Å². The molecule has 2 aromatic rings. The van der Waals surface area contributed by atoms with Crippen molar-refractivity contribution in [2.45, 2.75) is 32.6 Å². The summed E-state index contributed by atoms with van der Waals surface area (Å²) in [6.45, 7) is 1.74. The summed E-state index contributed by atoms with van der Waals surface area (Å²) in [7, 11) is 0. The largest absolute Gasteiger partial charge is 0.478 e. The number of ketones is 1. The molecule has 0 unspecified atom stereocenters. The number of carbonyl (C=O) groups is 2. The van der Waals surface area contributed by atoms with Gasteiger partial charge in [-0.2, -0.15) is 0 Å². The van der Waals surface area contributed by atoms with Crippen LogP contribution in [0.1, 0.15) is 31.3 Å². The van der Waals surface area contributed by atoms with E-state index in [0.29, 0.717) is 35.5 Å². The molecule has 3 rings (SSSR count). The molecule has 120 valence electrons. The summed E-state index contributed by atoms with van der Waals surface area (Å²) in [6, 6.07) is 7.14. The van der Waals surface area contributed by atoms with E-state index in [9.17, 15) is 14.7 Å². The lowest BCUT2D eigenvalue weighted by molar-refractivity contribution is -0.134. The molecule has 0 aromatic carbocycles. The molecule has 0 radical (unpaired) electrons. The molecule has 23 heavy (non-hydrogen) atoms. The molecule has 2 heterocycles. The number of carboxylic acids is 1. The molecule has 1 aliphatic carbocycles. The molecule has 5 nitrogen and oxygen atoms in total. The van der Waals surface area contributed by atoms with Gasteiger partial charge < -0.3 is 13.9 Å². The first-order valence-corrected chi connectivity index (χ1v) is 7.54. The summed E-state index contributed by atoms with van der Waals surface area (Å²) < 4.78 is 10.8. The second-order valence-electron chi connectivity index (χ2n) is 5.93. The number of hydrogen-bond donors (Lipinski definition) is 1. The first-order chi connectivity index (χ1) is 11.0. The molecule has 0 spiro atoms. The molecule has 0 saturated heterocycles. The lowest BCUT2D eigenvalue weighted by atomic mass is 9.64. The smallest absolute Gasteiger partial charge is 0.331 e. The Labute approximate surface area is 133 Å². The number of carbonyl (C=O) groups excluding carboxylic acids is 1. The van der Waals surface area contributed by atoms with E-state index in [0.717, 1.165) is 0 Å². The fraction of sp³-hybridized carbons (Fsp3) is 0.333. The van der Waals surface area contributed by atoms with Crippen LogP contribution < -0.4 is 0 Å². The molecule has 1 N–H and O–H groups in total. The van der Waals surface area contributed by atoms with Gasteiger partial charge in [-0.05, 0) is 43.2 Å². The van der Waals surface area contributed by atoms with Crippen molar-refractivity contribution in [2.24, 2.45) is 5.41 Å². The Bertz CT molecular complexity index is 698. The second kappa shape index (κ2) is 5.91. The number of Topliss-reactive ketones (excluding diaryl/α,β-unsaturated/α-hetero) is 1. The highest BCUT2D eigenvalue weighted by atomic mass is 16.4. The number of carboxylic acid groups (broad SMARTS) is 1. The lowest BCUT2D eigenvalue weighted by Gasteiger charge is -2.36. The molecule has 2 aromatic heterocycles. The van der Waals surface area contributed by atoms with Crippen LogP contribution in [0.15, 0.2) is 56.8 Å². The van der Waals surface area contributed by atoms with E-state index in [1.807, 2.05) is 0 Å². The van der Waals surface area contributed by atoms with Gasteiger partial charge in [0.05, 0.1) is 17.9 Å². The summed E-state index contributed by atoms with van der Waals surface area (Å²) in [5.41, 5.74) is -0.00133. The Morgan fingerprint density at radius 3 is 2.13 bits per heavy atom. The highest BCUT2D eigenvalue weighted by molar-refractivity contribution is 5.97. The lowest BCUT2D eigenvalue weighted by Crippen LogP contribution is -2.41. The quantitative estimate of drug-likeness (QED) is 0.914. The fourth-order valence-electron chi connectivity index (χ4n) is 3.38. The number of hydrogen-bond acceptors (Lipinski definition) is 4. The minimum atomic E-state index is -0.960. The minimum Gasteiger partial charge on any atom is -0.478 e. The van der Waals surface area contributed by atoms with E-state index >= 15 is 0 Å². The van der Waals surface area contributed by atoms with Gasteiger partial charge in [-0.15, -0.1) is 0 Å². The molecule has 0 atom stereocenters. The topological polar surface area (TPSA) is 80.6 Å². The maximum Gasteiger partial charge on any atom is 0.331 e. The van der Waals surface area contributed by atoms with Crippen LogP contribution in [0.2, 0.25) is 0 Å². The zero-order valence-corrected chi connectivity index (χ0v) is 12.9. The average molecular weight is 314 g/mol. The van der Waals surface area contributed by atoms with Crippen LogP contribution in [0.5, 0.6) is 0 Å². The highest BCUT2D eigenvalue weighted by Gasteiger charge is 2.46. The maximum absolute atomic E-state index is 12.8. The third-order valence-electron chi connectivity index (χ3n) is 4.68. The van der Waals surface area contributed by atoms with E-state index in [1.54, 1.807) is 43.7 Å². The van der Waals surface area contributed by atoms with Gasteiger partial charge in [0.2, 0.25) is 0 Å². The summed E-state index contributed by atoms with van der Waals surface area (Å²) in [5, 5.41) is 9.46. The molecular formula is C18H18O5. The highest BCUT2D eigenvalue weighted by Crippen LogP contribution is 2.43. The Balaban J connectivity index is 2.10. The van der Waals surface area contributed by atoms with Gasteiger partial charge >= 0.3 is 5.97 Å². The summed E-state index contributed by atoms with van der Waals surface area (Å²) in [5.74, 6) is 0.401. The SMILES string of the molecule is CC1=C(C(=O)O)CCC(=O)C1(Cc1ccco1)Cc1ccco1. The average Bonchev–Trinajstić information content (AvgIpc) is 3.18. The maximum atomic E-state index is 12.8. The Morgan fingerprint density at radius 2 is 1.70 bits per heavy atom. The van der Waals surface area contributed by atoms with Gasteiger partial charge in [-0.1, -0.05) is 0 Å². The third-order valence-corrected chi connectivity index (χ3v) is 4.68. The van der Waals surface area contributed by atoms with Crippen molar-refractivity contribution in [3.8, 4) is 0 Å². The van der Waals surface area contributed by atoms with Crippen LogP contribution in [0.3, 0.4) is 0 Å². The van der Waals surface area contributed by atoms with E-state index in [2.05, 4.69) is 0 Å². The second-order valence-corrected chi connectivity index (χ2v) is 5.93. The number of allylic oxidation sites excluding steroid dienone is 1. The van der Waals surface area contributed by atoms with E-state index in [-0.39, 0.29) is 18.6 Å². The molecule has 1 aliphatic rings. The van der Waals surface area contributed by atoms with Crippen molar-refractivity contribution < 1.29 is 23.5 Å². The van der Waals surface area contributed by atoms with Crippen LogP contribution in [0, 0.1) is 5.41 Å². The van der Waals surface area contributed by atoms with Crippen molar-refractivity contribution in [3.63, 3.8) is 0 Å². The number of rotatable bonds is 5. The van der Waals surface area contributed by atoms with Crippen LogP contribution in [-0.2, 0) is 22.4 Å². The molecule has 0 bridgehead atoms. The van der Waals surface area contributed by atoms with Gasteiger partial charge in [0, 0.05) is 24.8 Å². The molecular weight excluding hydrogens is 296 g/mol. The molecule has 0 saturated carbocycles. The fourth-order valence-corrected chi connectivity index (χ4v) is 3.38. The van der Waals surface area contributed by atoms with E-state index in [4.69, 9.17) is 8.83 Å². The van der Waals surface area contributed by atoms with Gasteiger partial charge in [0.25, 0.3) is 0 Å². The van der Waals surface area contributed by atoms with Gasteiger partial charge in [-0.3, -0.25) is 4.79 Å². The molecule has 0 amide bonds. The minimum absolute atomic E-state index is 0.0350. The predicted octanol–water partition coefficient (Wildman–Crippen LogP) is 3.41. The molecule has 0 aliphatic heterocycles. The first kappa shape index (κ1) is 15.3. The van der Waals surface area contributed by atoms with Crippen LogP contribution in [0.25, 0.3) is 0 Å². The first-order valence-electron chi connectivity index (χ1n) is 7.54. The van der Waals surface area contributed by atoms with Crippen molar-refractivity contribution >= 4 is 11.8 Å². The Morgan fingerprint density at radius 1 is 1.13 bits per heavy atom. The number of furan rings is 2. The number of aliphatic carboxylic acids is 1. The summed E-state index contributed by atoms with van der Waals surface area (Å²) in [4.78, 5) is 24.4. The summed E-state index contributed by atoms with van der Waals surface area (Å²) >= 11 is 0. The van der Waals surface area contributed by atoms with Crippen LogP contribution in [0.4, 0.5) is 0 Å². The van der Waals surface area contributed by atoms with E-state index < -0.39 is 11.4 Å². The third kappa shape index (κ3) is 2.74. The van der Waals surface area contributed by atoms with Crippen molar-refractivity contribution in [3.05, 3.63) is 59.5 Å². The normalized spacial score (nSPS) is 17.5.